The first-order valence-electron chi connectivity index (χ1n) is 16.0. The van der Waals surface area contributed by atoms with Crippen molar-refractivity contribution in [2.45, 2.75) is 110 Å². The van der Waals surface area contributed by atoms with Crippen LogP contribution in [0.1, 0.15) is 77.5 Å². The molecule has 4 rings (SSSR count). The number of ketones is 1. The number of nitrogens with one attached hydrogen (secondary N) is 2. The SMILES string of the molecule is CC(C)C(NC(=O)OC(C)(C)C)C(=O)N1CCCC1C(=O)NC(CC(=O)C1CCn2c(nnc2C(F)(F)F)C1)Cc1cc(F)c(F)cc1F. The molecule has 49 heavy (non-hydrogen) atoms. The lowest BCUT2D eigenvalue weighted by molar-refractivity contribution is -0.147. The monoisotopic (exact) mass is 702 g/mol. The van der Waals surface area contributed by atoms with Gasteiger partial charge in [-0.05, 0) is 64.0 Å². The third kappa shape index (κ3) is 9.29. The number of hydrogen-bond acceptors (Lipinski definition) is 7. The van der Waals surface area contributed by atoms with E-state index in [1.807, 2.05) is 0 Å². The maximum Gasteiger partial charge on any atom is 0.451 e. The summed E-state index contributed by atoms with van der Waals surface area (Å²) in [6.45, 7) is 8.41. The van der Waals surface area contributed by atoms with Crippen molar-refractivity contribution < 1.29 is 50.3 Å². The summed E-state index contributed by atoms with van der Waals surface area (Å²) in [6, 6.07) is -2.27. The second-order valence-electron chi connectivity index (χ2n) is 13.8. The Labute approximate surface area is 279 Å². The normalized spacial score (nSPS) is 19.3. The van der Waals surface area contributed by atoms with Crippen LogP contribution in [0.5, 0.6) is 0 Å². The number of carbonyl (C=O) groups is 4. The van der Waals surface area contributed by atoms with Gasteiger partial charge in [0.05, 0.1) is 0 Å². The summed E-state index contributed by atoms with van der Waals surface area (Å²) in [7, 11) is 0. The Hall–Kier alpha value is -4.18. The number of alkyl carbamates (subject to hydrolysis) is 1. The van der Waals surface area contributed by atoms with Gasteiger partial charge in [0.15, 0.2) is 11.6 Å². The van der Waals surface area contributed by atoms with E-state index >= 15 is 0 Å². The molecule has 0 radical (unpaired) electrons. The molecule has 2 aliphatic heterocycles. The molecular formula is C32H40F6N6O5. The molecule has 2 N–H and O–H groups in total. The summed E-state index contributed by atoms with van der Waals surface area (Å²) >= 11 is 0. The van der Waals surface area contributed by atoms with Gasteiger partial charge in [-0.2, -0.15) is 13.2 Å². The first kappa shape index (κ1) is 37.6. The van der Waals surface area contributed by atoms with Gasteiger partial charge in [-0.15, -0.1) is 10.2 Å². The van der Waals surface area contributed by atoms with Gasteiger partial charge in [-0.3, -0.25) is 14.4 Å². The molecule has 1 fully saturated rings. The van der Waals surface area contributed by atoms with Crippen LogP contribution in [0.25, 0.3) is 0 Å². The predicted octanol–water partition coefficient (Wildman–Crippen LogP) is 4.50. The van der Waals surface area contributed by atoms with Gasteiger partial charge in [0.25, 0.3) is 0 Å². The van der Waals surface area contributed by atoms with Crippen molar-refractivity contribution >= 4 is 23.7 Å². The Morgan fingerprint density at radius 1 is 0.959 bits per heavy atom. The highest BCUT2D eigenvalue weighted by atomic mass is 19.4. The number of alkyl halides is 3. The van der Waals surface area contributed by atoms with Crippen LogP contribution in [-0.4, -0.2) is 73.6 Å². The number of carbonyl (C=O) groups excluding carboxylic acids is 4. The summed E-state index contributed by atoms with van der Waals surface area (Å²) in [5, 5.41) is 12.0. The Kier molecular flexibility index (Phi) is 11.3. The zero-order valence-corrected chi connectivity index (χ0v) is 27.8. The summed E-state index contributed by atoms with van der Waals surface area (Å²) < 4.78 is 88.5. The molecule has 2 aliphatic rings. The molecule has 0 saturated carbocycles. The van der Waals surface area contributed by atoms with Gasteiger partial charge in [-0.1, -0.05) is 13.8 Å². The van der Waals surface area contributed by atoms with E-state index in [1.54, 1.807) is 34.6 Å². The molecule has 3 heterocycles. The van der Waals surface area contributed by atoms with E-state index in [2.05, 4.69) is 20.8 Å². The minimum atomic E-state index is -4.73. The molecule has 270 valence electrons. The van der Waals surface area contributed by atoms with Crippen molar-refractivity contribution in [1.82, 2.24) is 30.3 Å². The summed E-state index contributed by atoms with van der Waals surface area (Å²) in [5.41, 5.74) is -1.15. The average molecular weight is 703 g/mol. The zero-order chi connectivity index (χ0) is 36.4. The lowest BCUT2D eigenvalue weighted by atomic mass is 9.88. The lowest BCUT2D eigenvalue weighted by Crippen LogP contribution is -2.56. The quantitative estimate of drug-likeness (QED) is 0.275. The average Bonchev–Trinajstić information content (AvgIpc) is 3.65. The van der Waals surface area contributed by atoms with Crippen molar-refractivity contribution in [3.05, 3.63) is 46.8 Å². The standard InChI is InChI=1S/C32H40F6N6O5/c1-16(2)26(40-30(48)49-31(3,4)5)28(47)43-9-6-7-23(43)27(46)39-19(11-18-12-21(34)22(35)15-20(18)33)14-24(45)17-8-10-44-25(13-17)41-42-29(44)32(36,37)38/h12,15-17,19,23,26H,6-11,13-14H2,1-5H3,(H,39,46)(H,40,48). The van der Waals surface area contributed by atoms with Crippen LogP contribution < -0.4 is 10.6 Å². The van der Waals surface area contributed by atoms with Gasteiger partial charge in [0.2, 0.25) is 17.6 Å². The maximum atomic E-state index is 14.7. The van der Waals surface area contributed by atoms with E-state index in [4.69, 9.17) is 4.74 Å². The molecule has 1 aromatic carbocycles. The highest BCUT2D eigenvalue weighted by Gasteiger charge is 2.42. The van der Waals surface area contributed by atoms with Crippen LogP contribution in [-0.2, 0) is 44.7 Å². The number of ether oxygens (including phenoxy) is 1. The van der Waals surface area contributed by atoms with Crippen LogP contribution >= 0.6 is 0 Å². The van der Waals surface area contributed by atoms with E-state index in [9.17, 15) is 45.5 Å². The molecule has 4 atom stereocenters. The largest absolute Gasteiger partial charge is 0.451 e. The van der Waals surface area contributed by atoms with E-state index in [0.29, 0.717) is 18.6 Å². The number of Topliss-reactive ketones (excluding diaryl/α,β-unsaturated/α-hetero) is 1. The molecule has 1 saturated heterocycles. The Morgan fingerprint density at radius 2 is 1.63 bits per heavy atom. The Bertz CT molecular complexity index is 1570. The Balaban J connectivity index is 1.52. The fourth-order valence-electron chi connectivity index (χ4n) is 6.11. The van der Waals surface area contributed by atoms with Crippen LogP contribution in [0.15, 0.2) is 12.1 Å². The minimum absolute atomic E-state index is 0.0132. The summed E-state index contributed by atoms with van der Waals surface area (Å²) in [4.78, 5) is 54.6. The Morgan fingerprint density at radius 3 is 2.27 bits per heavy atom. The molecule has 11 nitrogen and oxygen atoms in total. The van der Waals surface area contributed by atoms with Crippen LogP contribution in [0.4, 0.5) is 31.1 Å². The second kappa shape index (κ2) is 14.7. The molecule has 17 heteroatoms. The molecule has 0 bridgehead atoms. The third-order valence-corrected chi connectivity index (χ3v) is 8.46. The highest BCUT2D eigenvalue weighted by Crippen LogP contribution is 2.32. The summed E-state index contributed by atoms with van der Waals surface area (Å²) in [6.07, 6.45) is -5.89. The molecule has 4 unspecified atom stereocenters. The first-order valence-corrected chi connectivity index (χ1v) is 16.0. The van der Waals surface area contributed by atoms with Crippen LogP contribution in [0.2, 0.25) is 0 Å². The fourth-order valence-corrected chi connectivity index (χ4v) is 6.11. The lowest BCUT2D eigenvalue weighted by Gasteiger charge is -2.32. The van der Waals surface area contributed by atoms with Gasteiger partial charge < -0.3 is 24.8 Å². The smallest absolute Gasteiger partial charge is 0.444 e. The zero-order valence-electron chi connectivity index (χ0n) is 27.8. The number of benzene rings is 1. The van der Waals surface area contributed by atoms with Gasteiger partial charge in [-0.25, -0.2) is 18.0 Å². The van der Waals surface area contributed by atoms with Crippen molar-refractivity contribution in [3.8, 4) is 0 Å². The number of aromatic nitrogens is 3. The molecule has 0 aliphatic carbocycles. The van der Waals surface area contributed by atoms with E-state index in [-0.39, 0.29) is 49.7 Å². The van der Waals surface area contributed by atoms with E-state index < -0.39 is 95.6 Å². The van der Waals surface area contributed by atoms with Crippen molar-refractivity contribution in [1.29, 1.82) is 0 Å². The topological polar surface area (TPSA) is 136 Å². The molecular weight excluding hydrogens is 662 g/mol. The van der Waals surface area contributed by atoms with E-state index in [0.717, 1.165) is 4.57 Å². The predicted molar refractivity (Wildman–Crippen MR) is 161 cm³/mol. The maximum absolute atomic E-state index is 14.7. The molecule has 3 amide bonds. The van der Waals surface area contributed by atoms with Crippen molar-refractivity contribution in [2.24, 2.45) is 11.8 Å². The van der Waals surface area contributed by atoms with Crippen LogP contribution in [0, 0.1) is 29.3 Å². The first-order chi connectivity index (χ1) is 22.7. The molecule has 1 aromatic heterocycles. The van der Waals surface area contributed by atoms with Gasteiger partial charge in [0.1, 0.15) is 35.1 Å². The number of fused-ring (bicyclic) bond motifs is 1. The highest BCUT2D eigenvalue weighted by molar-refractivity contribution is 5.92. The number of amides is 3. The second-order valence-corrected chi connectivity index (χ2v) is 13.8. The summed E-state index contributed by atoms with van der Waals surface area (Å²) in [5.74, 6) is -7.99. The number of halogens is 6. The van der Waals surface area contributed by atoms with E-state index in [1.165, 1.54) is 4.90 Å². The molecule has 2 aromatic rings. The fraction of sp³-hybridized carbons (Fsp3) is 0.625. The molecule has 0 spiro atoms. The van der Waals surface area contributed by atoms with Crippen LogP contribution in [0.3, 0.4) is 0 Å². The van der Waals surface area contributed by atoms with Crippen molar-refractivity contribution in [2.75, 3.05) is 6.54 Å². The van der Waals surface area contributed by atoms with Crippen molar-refractivity contribution in [3.63, 3.8) is 0 Å². The number of rotatable bonds is 10. The number of likely N-dealkylation sites (tertiary alicyclic amines) is 1. The minimum Gasteiger partial charge on any atom is -0.444 e. The third-order valence-electron chi connectivity index (χ3n) is 8.46. The number of nitrogens with zero attached hydrogens (tertiary/aromatic N) is 4. The van der Waals surface area contributed by atoms with Gasteiger partial charge in [0, 0.05) is 44.0 Å². The number of hydrogen-bond donors (Lipinski definition) is 2. The van der Waals surface area contributed by atoms with Gasteiger partial charge >= 0.3 is 12.3 Å².